The van der Waals surface area contributed by atoms with Crippen molar-refractivity contribution in [2.45, 2.75) is 26.4 Å². The Morgan fingerprint density at radius 2 is 1.79 bits per heavy atom. The van der Waals surface area contributed by atoms with Gasteiger partial charge in [0.2, 0.25) is 0 Å². The van der Waals surface area contributed by atoms with Crippen LogP contribution in [0.4, 0.5) is 4.79 Å². The molecule has 0 radical (unpaired) electrons. The summed E-state index contributed by atoms with van der Waals surface area (Å²) in [7, 11) is 1.38. The smallest absolute Gasteiger partial charge is 0.410 e. The molecular formula is C23H27NO4. The number of nitrogens with zero attached hydrogens (tertiary/aromatic N) is 1. The van der Waals surface area contributed by atoms with E-state index in [-0.39, 0.29) is 11.9 Å². The van der Waals surface area contributed by atoms with Gasteiger partial charge < -0.3 is 14.4 Å². The monoisotopic (exact) mass is 381 g/mol. The minimum Gasteiger partial charge on any atom is -0.469 e. The van der Waals surface area contributed by atoms with Crippen LogP contribution < -0.4 is 0 Å². The first-order valence-corrected chi connectivity index (χ1v) is 9.49. The molecule has 1 aliphatic heterocycles. The average molecular weight is 381 g/mol. The van der Waals surface area contributed by atoms with E-state index in [1.165, 1.54) is 12.5 Å². The van der Waals surface area contributed by atoms with Gasteiger partial charge in [-0.3, -0.25) is 4.79 Å². The predicted octanol–water partition coefficient (Wildman–Crippen LogP) is 4.51. The second kappa shape index (κ2) is 8.05. The standard InChI is InChI=1S/C23H27NO4/c1-23(2,3)28-22(26)24-14-19(20(15-24)21(25)27-4)12-10-16-9-11-17-7-5-6-8-18(17)13-16/h5-13,19-20H,14-15H2,1-4H3/t19-,20-/m0/s1. The molecule has 0 bridgehead atoms. The minimum absolute atomic E-state index is 0.119. The van der Waals surface area contributed by atoms with Gasteiger partial charge in [0.05, 0.1) is 13.0 Å². The Balaban J connectivity index is 1.78. The summed E-state index contributed by atoms with van der Waals surface area (Å²) >= 11 is 0. The average Bonchev–Trinajstić information content (AvgIpc) is 3.09. The van der Waals surface area contributed by atoms with E-state index < -0.39 is 17.6 Å². The summed E-state index contributed by atoms with van der Waals surface area (Å²) < 4.78 is 10.4. The highest BCUT2D eigenvalue weighted by Crippen LogP contribution is 2.28. The van der Waals surface area contributed by atoms with Crippen LogP contribution in [0, 0.1) is 11.8 Å². The Labute approximate surface area is 165 Å². The summed E-state index contributed by atoms with van der Waals surface area (Å²) in [6.07, 6.45) is 3.60. The van der Waals surface area contributed by atoms with Gasteiger partial charge in [0.25, 0.3) is 0 Å². The summed E-state index contributed by atoms with van der Waals surface area (Å²) in [5, 5.41) is 2.35. The molecule has 1 saturated heterocycles. The van der Waals surface area contributed by atoms with Gasteiger partial charge in [0.15, 0.2) is 0 Å². The number of methoxy groups -OCH3 is 1. The third-order valence-corrected chi connectivity index (χ3v) is 4.83. The molecule has 0 saturated carbocycles. The molecule has 1 amide bonds. The zero-order valence-electron chi connectivity index (χ0n) is 16.8. The Hall–Kier alpha value is -2.82. The highest BCUT2D eigenvalue weighted by Gasteiger charge is 2.40. The molecule has 2 aromatic carbocycles. The lowest BCUT2D eigenvalue weighted by Gasteiger charge is -2.24. The summed E-state index contributed by atoms with van der Waals surface area (Å²) in [5.74, 6) is -0.820. The SMILES string of the molecule is COC(=O)[C@H]1CN(C(=O)OC(C)(C)C)C[C@@H]1C=Cc1ccc2ccccc2c1. The van der Waals surface area contributed by atoms with Crippen molar-refractivity contribution >= 4 is 28.9 Å². The van der Waals surface area contributed by atoms with E-state index in [0.29, 0.717) is 13.1 Å². The highest BCUT2D eigenvalue weighted by molar-refractivity contribution is 5.84. The number of hydrogen-bond acceptors (Lipinski definition) is 4. The molecule has 2 aromatic rings. The molecule has 3 rings (SSSR count). The van der Waals surface area contributed by atoms with Gasteiger partial charge in [-0.2, -0.15) is 0 Å². The molecule has 1 aliphatic rings. The fourth-order valence-corrected chi connectivity index (χ4v) is 3.45. The van der Waals surface area contributed by atoms with E-state index in [2.05, 4.69) is 24.3 Å². The molecule has 0 N–H and O–H groups in total. The normalized spacial score (nSPS) is 19.9. The van der Waals surface area contributed by atoms with Crippen LogP contribution in [0.3, 0.4) is 0 Å². The number of ether oxygens (including phenoxy) is 2. The first kappa shape index (κ1) is 19.9. The maximum absolute atomic E-state index is 12.4. The highest BCUT2D eigenvalue weighted by atomic mass is 16.6. The largest absolute Gasteiger partial charge is 0.469 e. The number of fused-ring (bicyclic) bond motifs is 1. The van der Waals surface area contributed by atoms with E-state index in [1.54, 1.807) is 4.90 Å². The molecule has 0 aromatic heterocycles. The zero-order chi connectivity index (χ0) is 20.3. The van der Waals surface area contributed by atoms with Crippen LogP contribution in [-0.2, 0) is 14.3 Å². The van der Waals surface area contributed by atoms with Gasteiger partial charge in [-0.15, -0.1) is 0 Å². The van der Waals surface area contributed by atoms with Crippen molar-refractivity contribution in [2.75, 3.05) is 20.2 Å². The van der Waals surface area contributed by atoms with Crippen LogP contribution in [0.15, 0.2) is 48.5 Å². The fourth-order valence-electron chi connectivity index (χ4n) is 3.45. The lowest BCUT2D eigenvalue weighted by atomic mass is 9.95. The van der Waals surface area contributed by atoms with E-state index in [1.807, 2.05) is 51.1 Å². The molecule has 5 heteroatoms. The maximum atomic E-state index is 12.4. The van der Waals surface area contributed by atoms with Crippen molar-refractivity contribution in [3.8, 4) is 0 Å². The molecule has 0 unspecified atom stereocenters. The Morgan fingerprint density at radius 3 is 2.46 bits per heavy atom. The molecule has 148 valence electrons. The zero-order valence-corrected chi connectivity index (χ0v) is 16.8. The van der Waals surface area contributed by atoms with E-state index in [9.17, 15) is 9.59 Å². The molecule has 28 heavy (non-hydrogen) atoms. The molecule has 0 spiro atoms. The molecular weight excluding hydrogens is 354 g/mol. The topological polar surface area (TPSA) is 55.8 Å². The van der Waals surface area contributed by atoms with E-state index in [4.69, 9.17) is 9.47 Å². The first-order chi connectivity index (χ1) is 13.3. The Morgan fingerprint density at radius 1 is 1.07 bits per heavy atom. The molecule has 1 heterocycles. The van der Waals surface area contributed by atoms with Gasteiger partial charge in [-0.05, 0) is 43.2 Å². The van der Waals surface area contributed by atoms with Crippen LogP contribution >= 0.6 is 0 Å². The summed E-state index contributed by atoms with van der Waals surface area (Å²) in [4.78, 5) is 26.2. The van der Waals surface area contributed by atoms with Gasteiger partial charge in [0, 0.05) is 19.0 Å². The van der Waals surface area contributed by atoms with E-state index in [0.717, 1.165) is 10.9 Å². The Kier molecular flexibility index (Phi) is 5.73. The third-order valence-electron chi connectivity index (χ3n) is 4.83. The lowest BCUT2D eigenvalue weighted by Crippen LogP contribution is -2.36. The van der Waals surface area contributed by atoms with Crippen molar-refractivity contribution in [3.63, 3.8) is 0 Å². The Bertz CT molecular complexity index is 897. The number of likely N-dealkylation sites (tertiary alicyclic amines) is 1. The van der Waals surface area contributed by atoms with Gasteiger partial charge in [-0.1, -0.05) is 48.6 Å². The summed E-state index contributed by atoms with van der Waals surface area (Å²) in [5.41, 5.74) is 0.481. The third kappa shape index (κ3) is 4.71. The molecule has 0 aliphatic carbocycles. The quantitative estimate of drug-likeness (QED) is 0.734. The number of hydrogen-bond donors (Lipinski definition) is 0. The second-order valence-electron chi connectivity index (χ2n) is 8.14. The number of carbonyl (C=O) groups excluding carboxylic acids is 2. The van der Waals surface area contributed by atoms with Crippen molar-refractivity contribution < 1.29 is 19.1 Å². The van der Waals surface area contributed by atoms with Crippen molar-refractivity contribution in [3.05, 3.63) is 54.1 Å². The first-order valence-electron chi connectivity index (χ1n) is 9.49. The maximum Gasteiger partial charge on any atom is 0.410 e. The van der Waals surface area contributed by atoms with Crippen LogP contribution in [-0.4, -0.2) is 42.8 Å². The predicted molar refractivity (Wildman–Crippen MR) is 110 cm³/mol. The molecule has 2 atom stereocenters. The summed E-state index contributed by atoms with van der Waals surface area (Å²) in [6.45, 7) is 6.22. The van der Waals surface area contributed by atoms with Gasteiger partial charge in [0.1, 0.15) is 5.60 Å². The molecule has 1 fully saturated rings. The van der Waals surface area contributed by atoms with E-state index >= 15 is 0 Å². The van der Waals surface area contributed by atoms with Crippen LogP contribution in [0.25, 0.3) is 16.8 Å². The van der Waals surface area contributed by atoms with Gasteiger partial charge in [-0.25, -0.2) is 4.79 Å². The number of benzene rings is 2. The number of amides is 1. The van der Waals surface area contributed by atoms with Gasteiger partial charge >= 0.3 is 12.1 Å². The van der Waals surface area contributed by atoms with Crippen LogP contribution in [0.5, 0.6) is 0 Å². The van der Waals surface area contributed by atoms with Crippen LogP contribution in [0.2, 0.25) is 0 Å². The number of carbonyl (C=O) groups is 2. The molecule has 5 nitrogen and oxygen atoms in total. The van der Waals surface area contributed by atoms with Crippen molar-refractivity contribution in [1.82, 2.24) is 4.90 Å². The number of rotatable bonds is 3. The summed E-state index contributed by atoms with van der Waals surface area (Å²) in [6, 6.07) is 14.4. The lowest BCUT2D eigenvalue weighted by molar-refractivity contribution is -0.145. The minimum atomic E-state index is -0.573. The van der Waals surface area contributed by atoms with Crippen molar-refractivity contribution in [2.24, 2.45) is 11.8 Å². The fraction of sp³-hybridized carbons (Fsp3) is 0.391. The van der Waals surface area contributed by atoms with Crippen LogP contribution in [0.1, 0.15) is 26.3 Å². The number of esters is 1. The second-order valence-corrected chi connectivity index (χ2v) is 8.14. The van der Waals surface area contributed by atoms with Crippen molar-refractivity contribution in [1.29, 1.82) is 0 Å².